The van der Waals surface area contributed by atoms with Crippen molar-refractivity contribution in [2.75, 3.05) is 38.0 Å². The lowest BCUT2D eigenvalue weighted by Crippen LogP contribution is -2.50. The van der Waals surface area contributed by atoms with Crippen LogP contribution in [0.1, 0.15) is 5.56 Å². The molecule has 2 aromatic carbocycles. The largest absolute Gasteiger partial charge is 0.325 e. The number of benzene rings is 2. The Bertz CT molecular complexity index is 1010. The molecular formula is C20H21FN4O3S. The molecule has 1 amide bonds. The van der Waals surface area contributed by atoms with Crippen molar-refractivity contribution < 1.29 is 17.6 Å². The molecule has 7 nitrogen and oxygen atoms in total. The topological polar surface area (TPSA) is 93.5 Å². The number of carbonyl (C=O) groups excluding carboxylic acids is 1. The Labute approximate surface area is 169 Å². The number of piperazine rings is 1. The van der Waals surface area contributed by atoms with E-state index in [1.54, 1.807) is 24.3 Å². The van der Waals surface area contributed by atoms with Crippen molar-refractivity contribution in [3.63, 3.8) is 0 Å². The van der Waals surface area contributed by atoms with Crippen molar-refractivity contribution in [1.82, 2.24) is 9.21 Å². The quantitative estimate of drug-likeness (QED) is 0.776. The fraction of sp³-hybridized carbons (Fsp3) is 0.300. The maximum atomic E-state index is 13.4. The predicted molar refractivity (Wildman–Crippen MR) is 106 cm³/mol. The molecule has 0 spiro atoms. The van der Waals surface area contributed by atoms with E-state index in [0.717, 1.165) is 11.6 Å². The van der Waals surface area contributed by atoms with E-state index < -0.39 is 15.8 Å². The summed E-state index contributed by atoms with van der Waals surface area (Å²) >= 11 is 0. The number of halogens is 1. The van der Waals surface area contributed by atoms with Crippen LogP contribution in [0.3, 0.4) is 0 Å². The lowest BCUT2D eigenvalue weighted by atomic mass is 10.1. The van der Waals surface area contributed by atoms with Gasteiger partial charge in [0.1, 0.15) is 5.82 Å². The highest BCUT2D eigenvalue weighted by Gasteiger charge is 2.29. The number of amides is 1. The van der Waals surface area contributed by atoms with E-state index in [4.69, 9.17) is 5.26 Å². The van der Waals surface area contributed by atoms with E-state index >= 15 is 0 Å². The minimum atomic E-state index is -3.75. The molecule has 0 atom stereocenters. The molecule has 0 unspecified atom stereocenters. The molecular weight excluding hydrogens is 395 g/mol. The average Bonchev–Trinajstić information content (AvgIpc) is 2.70. The van der Waals surface area contributed by atoms with Gasteiger partial charge < -0.3 is 5.32 Å². The Morgan fingerprint density at radius 2 is 1.79 bits per heavy atom. The van der Waals surface area contributed by atoms with Gasteiger partial charge in [-0.25, -0.2) is 12.8 Å². The number of sulfonamides is 1. The van der Waals surface area contributed by atoms with Gasteiger partial charge in [-0.2, -0.15) is 9.57 Å². The number of nitrogens with zero attached hydrogens (tertiary/aromatic N) is 3. The van der Waals surface area contributed by atoms with Gasteiger partial charge in [0.2, 0.25) is 15.9 Å². The first-order chi connectivity index (χ1) is 13.9. The summed E-state index contributed by atoms with van der Waals surface area (Å²) in [5, 5.41) is 11.5. The molecule has 1 fully saturated rings. The summed E-state index contributed by atoms with van der Waals surface area (Å²) in [5.74, 6) is -0.790. The zero-order chi connectivity index (χ0) is 20.9. The number of rotatable bonds is 6. The molecule has 1 heterocycles. The summed E-state index contributed by atoms with van der Waals surface area (Å²) < 4.78 is 39.9. The first-order valence-corrected chi connectivity index (χ1v) is 10.6. The molecule has 1 aliphatic heterocycles. The smallest absolute Gasteiger partial charge is 0.243 e. The number of anilines is 1. The van der Waals surface area contributed by atoms with Gasteiger partial charge in [-0.3, -0.25) is 9.69 Å². The molecule has 1 aliphatic rings. The summed E-state index contributed by atoms with van der Waals surface area (Å²) in [6.45, 7) is 1.42. The van der Waals surface area contributed by atoms with Crippen LogP contribution in [0.2, 0.25) is 0 Å². The Balaban J connectivity index is 1.51. The fourth-order valence-electron chi connectivity index (χ4n) is 3.11. The molecule has 1 saturated heterocycles. The lowest BCUT2D eigenvalue weighted by molar-refractivity contribution is -0.117. The Hall–Kier alpha value is -2.80. The van der Waals surface area contributed by atoms with Crippen LogP contribution in [0.5, 0.6) is 0 Å². The van der Waals surface area contributed by atoms with Gasteiger partial charge in [-0.15, -0.1) is 0 Å². The van der Waals surface area contributed by atoms with Gasteiger partial charge in [0.25, 0.3) is 0 Å². The Morgan fingerprint density at radius 3 is 2.41 bits per heavy atom. The molecule has 152 valence electrons. The number of carbonyl (C=O) groups is 1. The van der Waals surface area contributed by atoms with Crippen molar-refractivity contribution in [2.24, 2.45) is 0 Å². The van der Waals surface area contributed by atoms with E-state index in [-0.39, 0.29) is 30.4 Å². The van der Waals surface area contributed by atoms with Crippen molar-refractivity contribution in [1.29, 1.82) is 5.26 Å². The number of nitrogens with one attached hydrogen (secondary N) is 1. The van der Waals surface area contributed by atoms with E-state index in [2.05, 4.69) is 11.4 Å². The molecule has 1 N–H and O–H groups in total. The minimum absolute atomic E-state index is 0.0662. The fourth-order valence-corrected chi connectivity index (χ4v) is 4.56. The second-order valence-electron chi connectivity index (χ2n) is 6.72. The van der Waals surface area contributed by atoms with Gasteiger partial charge in [-0.05, 0) is 35.9 Å². The molecule has 2 aromatic rings. The molecule has 29 heavy (non-hydrogen) atoms. The van der Waals surface area contributed by atoms with Crippen molar-refractivity contribution in [3.05, 3.63) is 59.9 Å². The second kappa shape index (κ2) is 9.13. The van der Waals surface area contributed by atoms with Crippen LogP contribution < -0.4 is 5.32 Å². The Kier molecular flexibility index (Phi) is 6.59. The van der Waals surface area contributed by atoms with Crippen molar-refractivity contribution in [2.45, 2.75) is 11.3 Å². The molecule has 9 heteroatoms. The zero-order valence-corrected chi connectivity index (χ0v) is 16.5. The third-order valence-electron chi connectivity index (χ3n) is 4.65. The lowest BCUT2D eigenvalue weighted by Gasteiger charge is -2.33. The number of nitriles is 1. The Morgan fingerprint density at radius 1 is 1.10 bits per heavy atom. The maximum Gasteiger partial charge on any atom is 0.243 e. The summed E-state index contributed by atoms with van der Waals surface area (Å²) in [4.78, 5) is 14.1. The predicted octanol–water partition coefficient (Wildman–Crippen LogP) is 1.84. The van der Waals surface area contributed by atoms with Crippen LogP contribution >= 0.6 is 0 Å². The monoisotopic (exact) mass is 416 g/mol. The highest BCUT2D eigenvalue weighted by Crippen LogP contribution is 2.18. The van der Waals surface area contributed by atoms with E-state index in [1.807, 2.05) is 4.90 Å². The van der Waals surface area contributed by atoms with Crippen LogP contribution in [-0.2, 0) is 21.2 Å². The van der Waals surface area contributed by atoms with Gasteiger partial charge in [0.05, 0.1) is 23.9 Å². The molecule has 0 radical (unpaired) electrons. The molecule has 0 saturated carbocycles. The molecule has 0 bridgehead atoms. The molecule has 3 rings (SSSR count). The molecule has 0 aromatic heterocycles. The number of hydrogen-bond acceptors (Lipinski definition) is 5. The first kappa shape index (κ1) is 20.9. The van der Waals surface area contributed by atoms with Crippen LogP contribution in [-0.4, -0.2) is 56.3 Å². The highest BCUT2D eigenvalue weighted by molar-refractivity contribution is 7.89. The summed E-state index contributed by atoms with van der Waals surface area (Å²) in [7, 11) is -3.75. The SMILES string of the molecule is N#CCc1ccc(NC(=O)CN2CCN(S(=O)(=O)c3cccc(F)c3)CC2)cc1. The van der Waals surface area contributed by atoms with E-state index in [0.29, 0.717) is 25.2 Å². The van der Waals surface area contributed by atoms with Crippen LogP contribution in [0.25, 0.3) is 0 Å². The van der Waals surface area contributed by atoms with E-state index in [9.17, 15) is 17.6 Å². The van der Waals surface area contributed by atoms with Crippen LogP contribution in [0.15, 0.2) is 53.4 Å². The first-order valence-electron chi connectivity index (χ1n) is 9.12. The normalized spacial score (nSPS) is 15.6. The average molecular weight is 416 g/mol. The van der Waals surface area contributed by atoms with Crippen molar-refractivity contribution in [3.8, 4) is 6.07 Å². The van der Waals surface area contributed by atoms with Gasteiger partial charge >= 0.3 is 0 Å². The third kappa shape index (κ3) is 5.38. The van der Waals surface area contributed by atoms with Crippen molar-refractivity contribution >= 4 is 21.6 Å². The molecule has 0 aliphatic carbocycles. The van der Waals surface area contributed by atoms with Gasteiger partial charge in [0, 0.05) is 31.9 Å². The van der Waals surface area contributed by atoms with Gasteiger partial charge in [0.15, 0.2) is 0 Å². The summed E-state index contributed by atoms with van der Waals surface area (Å²) in [5.41, 5.74) is 1.52. The zero-order valence-electron chi connectivity index (χ0n) is 15.7. The summed E-state index contributed by atoms with van der Waals surface area (Å²) in [6, 6.07) is 14.1. The van der Waals surface area contributed by atoms with Gasteiger partial charge in [-0.1, -0.05) is 18.2 Å². The standard InChI is InChI=1S/C20H21FN4O3S/c21-17-2-1-3-19(14-17)29(27,28)25-12-10-24(11-13-25)15-20(26)23-18-6-4-16(5-7-18)8-9-22/h1-7,14H,8,10-13,15H2,(H,23,26). The number of hydrogen-bond donors (Lipinski definition) is 1. The van der Waals surface area contributed by atoms with E-state index in [1.165, 1.54) is 22.5 Å². The third-order valence-corrected chi connectivity index (χ3v) is 6.55. The maximum absolute atomic E-state index is 13.4. The second-order valence-corrected chi connectivity index (χ2v) is 8.66. The minimum Gasteiger partial charge on any atom is -0.325 e. The van der Waals surface area contributed by atoms with Crippen LogP contribution in [0, 0.1) is 17.1 Å². The highest BCUT2D eigenvalue weighted by atomic mass is 32.2. The summed E-state index contributed by atoms with van der Waals surface area (Å²) in [6.07, 6.45) is 0.317. The van der Waals surface area contributed by atoms with Crippen LogP contribution in [0.4, 0.5) is 10.1 Å².